The van der Waals surface area contributed by atoms with E-state index in [1.807, 2.05) is 12.1 Å². The highest BCUT2D eigenvalue weighted by atomic mass is 32.2. The van der Waals surface area contributed by atoms with Crippen molar-refractivity contribution in [2.24, 2.45) is 0 Å². The molecule has 0 fully saturated rings. The highest BCUT2D eigenvalue weighted by molar-refractivity contribution is 7.98. The molecule has 0 saturated heterocycles. The van der Waals surface area contributed by atoms with Crippen LogP contribution >= 0.6 is 11.8 Å². The lowest BCUT2D eigenvalue weighted by Gasteiger charge is -2.09. The van der Waals surface area contributed by atoms with E-state index < -0.39 is 0 Å². The van der Waals surface area contributed by atoms with E-state index in [0.717, 1.165) is 21.9 Å². The third-order valence-electron chi connectivity index (χ3n) is 5.17. The van der Waals surface area contributed by atoms with Crippen molar-refractivity contribution in [3.63, 3.8) is 0 Å². The Kier molecular flexibility index (Phi) is 7.24. The molecule has 0 amide bonds. The summed E-state index contributed by atoms with van der Waals surface area (Å²) in [6, 6.07) is 24.5. The van der Waals surface area contributed by atoms with Crippen LogP contribution in [0, 0.1) is 0 Å². The van der Waals surface area contributed by atoms with E-state index in [-0.39, 0.29) is 5.97 Å². The van der Waals surface area contributed by atoms with Crippen molar-refractivity contribution in [2.75, 3.05) is 20.3 Å². The van der Waals surface area contributed by atoms with Gasteiger partial charge < -0.3 is 14.0 Å². The number of fused-ring (bicyclic) bond motifs is 1. The number of aromatic nitrogens is 2. The van der Waals surface area contributed by atoms with Gasteiger partial charge in [-0.2, -0.15) is 0 Å². The summed E-state index contributed by atoms with van der Waals surface area (Å²) in [5.74, 6) is 0.476. The van der Waals surface area contributed by atoms with Gasteiger partial charge in [-0.05, 0) is 41.8 Å². The second-order valence-corrected chi connectivity index (χ2v) is 8.26. The molecule has 1 aromatic heterocycles. The zero-order chi connectivity index (χ0) is 22.3. The molecule has 0 N–H and O–H groups in total. The summed E-state index contributed by atoms with van der Waals surface area (Å²) < 4.78 is 12.6. The van der Waals surface area contributed by atoms with Gasteiger partial charge in [-0.25, -0.2) is 9.78 Å². The van der Waals surface area contributed by atoms with E-state index in [9.17, 15) is 4.79 Å². The third kappa shape index (κ3) is 5.03. The van der Waals surface area contributed by atoms with Gasteiger partial charge in [0, 0.05) is 19.4 Å². The number of carbonyl (C=O) groups is 1. The van der Waals surface area contributed by atoms with Crippen molar-refractivity contribution in [2.45, 2.75) is 24.4 Å². The molecule has 0 radical (unpaired) electrons. The van der Waals surface area contributed by atoms with Gasteiger partial charge in [0.15, 0.2) is 5.16 Å². The molecule has 5 nitrogen and oxygen atoms in total. The van der Waals surface area contributed by atoms with Crippen LogP contribution in [0.15, 0.2) is 78.0 Å². The number of hydrogen-bond donors (Lipinski definition) is 0. The Balaban J connectivity index is 1.55. The highest BCUT2D eigenvalue weighted by Gasteiger charge is 2.15. The van der Waals surface area contributed by atoms with E-state index in [1.54, 1.807) is 37.9 Å². The van der Waals surface area contributed by atoms with Crippen LogP contribution in [0.25, 0.3) is 22.2 Å². The number of imidazole rings is 1. The lowest BCUT2D eigenvalue weighted by Crippen LogP contribution is -2.06. The molecule has 0 saturated carbocycles. The molecule has 0 spiro atoms. The zero-order valence-corrected chi connectivity index (χ0v) is 19.1. The van der Waals surface area contributed by atoms with E-state index in [2.05, 4.69) is 53.1 Å². The standard InChI is InChI=1S/C26H26N2O3S/c1-3-31-25(29)22-13-14-24-23(17-22)27-26(28(24)15-16-30-2)32-18-19-9-11-21(12-10-19)20-7-5-4-6-8-20/h4-14,17H,3,15-16,18H2,1-2H3. The van der Waals surface area contributed by atoms with Gasteiger partial charge in [-0.15, -0.1) is 0 Å². The minimum atomic E-state index is -0.325. The molecule has 1 heterocycles. The number of hydrogen-bond acceptors (Lipinski definition) is 5. The Morgan fingerprint density at radius 1 is 1.00 bits per heavy atom. The largest absolute Gasteiger partial charge is 0.462 e. The first-order valence-corrected chi connectivity index (χ1v) is 11.6. The number of nitrogens with zero attached hydrogens (tertiary/aromatic N) is 2. The summed E-state index contributed by atoms with van der Waals surface area (Å²) in [5.41, 5.74) is 5.94. The van der Waals surface area contributed by atoms with Crippen molar-refractivity contribution in [1.29, 1.82) is 0 Å². The highest BCUT2D eigenvalue weighted by Crippen LogP contribution is 2.28. The first-order chi connectivity index (χ1) is 15.7. The van der Waals surface area contributed by atoms with Crippen LogP contribution in [0.1, 0.15) is 22.8 Å². The summed E-state index contributed by atoms with van der Waals surface area (Å²) in [4.78, 5) is 16.9. The monoisotopic (exact) mass is 446 g/mol. The van der Waals surface area contributed by atoms with Crippen LogP contribution in [0.3, 0.4) is 0 Å². The molecule has 0 aliphatic heterocycles. The number of esters is 1. The van der Waals surface area contributed by atoms with Crippen molar-refractivity contribution in [3.8, 4) is 11.1 Å². The average molecular weight is 447 g/mol. The zero-order valence-electron chi connectivity index (χ0n) is 18.3. The van der Waals surface area contributed by atoms with Crippen molar-refractivity contribution in [3.05, 3.63) is 83.9 Å². The number of carbonyl (C=O) groups excluding carboxylic acids is 1. The summed E-state index contributed by atoms with van der Waals surface area (Å²) in [6.45, 7) is 3.44. The fourth-order valence-electron chi connectivity index (χ4n) is 3.53. The number of methoxy groups -OCH3 is 1. The van der Waals surface area contributed by atoms with Gasteiger partial charge in [-0.1, -0.05) is 66.4 Å². The molecule has 0 unspecified atom stereocenters. The molecule has 4 aromatic rings. The van der Waals surface area contributed by atoms with E-state index in [0.29, 0.717) is 25.3 Å². The Labute approximate surface area is 192 Å². The average Bonchev–Trinajstić information content (AvgIpc) is 3.19. The van der Waals surface area contributed by atoms with Crippen LogP contribution in [0.2, 0.25) is 0 Å². The smallest absolute Gasteiger partial charge is 0.338 e. The maximum Gasteiger partial charge on any atom is 0.338 e. The molecule has 4 rings (SSSR count). The molecule has 164 valence electrons. The SMILES string of the molecule is CCOC(=O)c1ccc2c(c1)nc(SCc1ccc(-c3ccccc3)cc1)n2CCOC. The Morgan fingerprint density at radius 3 is 2.47 bits per heavy atom. The molecule has 32 heavy (non-hydrogen) atoms. The lowest BCUT2D eigenvalue weighted by molar-refractivity contribution is 0.0526. The van der Waals surface area contributed by atoms with Crippen molar-refractivity contribution < 1.29 is 14.3 Å². The molecule has 0 aliphatic carbocycles. The van der Waals surface area contributed by atoms with Crippen LogP contribution < -0.4 is 0 Å². The Hall–Kier alpha value is -3.09. The number of benzene rings is 3. The van der Waals surface area contributed by atoms with Gasteiger partial charge in [0.2, 0.25) is 0 Å². The predicted octanol–water partition coefficient (Wildman–Crippen LogP) is 5.82. The van der Waals surface area contributed by atoms with Crippen molar-refractivity contribution >= 4 is 28.8 Å². The quantitative estimate of drug-likeness (QED) is 0.240. The molecular formula is C26H26N2O3S. The topological polar surface area (TPSA) is 53.3 Å². The van der Waals surface area contributed by atoms with E-state index >= 15 is 0 Å². The van der Waals surface area contributed by atoms with Gasteiger partial charge in [-0.3, -0.25) is 0 Å². The van der Waals surface area contributed by atoms with Crippen LogP contribution in [0.5, 0.6) is 0 Å². The third-order valence-corrected chi connectivity index (χ3v) is 6.22. The minimum Gasteiger partial charge on any atom is -0.462 e. The first-order valence-electron chi connectivity index (χ1n) is 10.6. The fourth-order valence-corrected chi connectivity index (χ4v) is 4.53. The number of ether oxygens (including phenoxy) is 2. The minimum absolute atomic E-state index is 0.325. The maximum absolute atomic E-state index is 12.1. The molecule has 6 heteroatoms. The number of rotatable bonds is 9. The summed E-state index contributed by atoms with van der Waals surface area (Å²) in [7, 11) is 1.69. The van der Waals surface area contributed by atoms with Gasteiger partial charge in [0.05, 0.1) is 29.8 Å². The van der Waals surface area contributed by atoms with Crippen molar-refractivity contribution in [1.82, 2.24) is 9.55 Å². The van der Waals surface area contributed by atoms with Gasteiger partial charge in [0.25, 0.3) is 0 Å². The van der Waals surface area contributed by atoms with Crippen LogP contribution in [-0.2, 0) is 21.8 Å². The summed E-state index contributed by atoms with van der Waals surface area (Å²) >= 11 is 1.68. The molecular weight excluding hydrogens is 420 g/mol. The van der Waals surface area contributed by atoms with Crippen LogP contribution in [-0.4, -0.2) is 35.8 Å². The van der Waals surface area contributed by atoms with Gasteiger partial charge in [0.1, 0.15) is 0 Å². The Bertz CT molecular complexity index is 1190. The van der Waals surface area contributed by atoms with Gasteiger partial charge >= 0.3 is 5.97 Å². The Morgan fingerprint density at radius 2 is 1.75 bits per heavy atom. The summed E-state index contributed by atoms with van der Waals surface area (Å²) in [5, 5.41) is 0.908. The predicted molar refractivity (Wildman–Crippen MR) is 129 cm³/mol. The fraction of sp³-hybridized carbons (Fsp3) is 0.231. The number of thioether (sulfide) groups is 1. The van der Waals surface area contributed by atoms with Crippen LogP contribution in [0.4, 0.5) is 0 Å². The van der Waals surface area contributed by atoms with E-state index in [4.69, 9.17) is 14.5 Å². The molecule has 0 aliphatic rings. The van der Waals surface area contributed by atoms with E-state index in [1.165, 1.54) is 16.7 Å². The first kappa shape index (κ1) is 22.1. The second-order valence-electron chi connectivity index (χ2n) is 7.31. The molecule has 0 bridgehead atoms. The molecule has 0 atom stereocenters. The normalized spacial score (nSPS) is 11.1. The molecule has 3 aromatic carbocycles. The second kappa shape index (κ2) is 10.5. The lowest BCUT2D eigenvalue weighted by atomic mass is 10.0. The maximum atomic E-state index is 12.1. The summed E-state index contributed by atoms with van der Waals surface area (Å²) in [6.07, 6.45) is 0.